The lowest BCUT2D eigenvalue weighted by Gasteiger charge is -2.33. The maximum Gasteiger partial charge on any atom is 0.337 e. The van der Waals surface area contributed by atoms with E-state index in [1.165, 1.54) is 20.0 Å². The van der Waals surface area contributed by atoms with E-state index in [4.69, 9.17) is 15.2 Å². The molecular weight excluding hydrogens is 268 g/mol. The first kappa shape index (κ1) is 14.2. The van der Waals surface area contributed by atoms with Crippen molar-refractivity contribution < 1.29 is 14.3 Å². The molecule has 2 fully saturated rings. The summed E-state index contributed by atoms with van der Waals surface area (Å²) >= 11 is 0. The standard InChI is InChI=1S/C16H22N2O3/c1-20-16(19)11-4-5-13(17)14(8-11)18-15-9-21-7-6-12(15)10-2-3-10/h4-5,8,10,12,15,18H,2-3,6-7,9,17H2,1H3. The second-order valence-corrected chi connectivity index (χ2v) is 5.91. The van der Waals surface area contributed by atoms with Gasteiger partial charge in [0.1, 0.15) is 0 Å². The average molecular weight is 290 g/mol. The lowest BCUT2D eigenvalue weighted by molar-refractivity contribution is 0.0488. The molecule has 2 unspecified atom stereocenters. The van der Waals surface area contributed by atoms with Gasteiger partial charge in [0, 0.05) is 6.61 Å². The normalized spacial score (nSPS) is 25.4. The third kappa shape index (κ3) is 3.13. The van der Waals surface area contributed by atoms with Gasteiger partial charge in [-0.2, -0.15) is 0 Å². The molecule has 2 aliphatic rings. The number of carbonyl (C=O) groups is 1. The molecule has 0 aromatic heterocycles. The molecule has 0 bridgehead atoms. The maximum absolute atomic E-state index is 11.6. The predicted molar refractivity (Wildman–Crippen MR) is 81.3 cm³/mol. The Kier molecular flexibility index (Phi) is 4.01. The molecule has 1 aliphatic heterocycles. The van der Waals surface area contributed by atoms with Gasteiger partial charge in [-0.25, -0.2) is 4.79 Å². The minimum Gasteiger partial charge on any atom is -0.465 e. The van der Waals surface area contributed by atoms with Crippen molar-refractivity contribution in [3.63, 3.8) is 0 Å². The molecule has 2 atom stereocenters. The second-order valence-electron chi connectivity index (χ2n) is 5.91. The molecule has 1 saturated carbocycles. The van der Waals surface area contributed by atoms with E-state index in [1.54, 1.807) is 18.2 Å². The highest BCUT2D eigenvalue weighted by molar-refractivity contribution is 5.92. The highest BCUT2D eigenvalue weighted by Gasteiger charge is 2.38. The Morgan fingerprint density at radius 1 is 1.38 bits per heavy atom. The van der Waals surface area contributed by atoms with Crippen molar-refractivity contribution in [2.45, 2.75) is 25.3 Å². The van der Waals surface area contributed by atoms with Crippen LogP contribution in [0.2, 0.25) is 0 Å². The quantitative estimate of drug-likeness (QED) is 0.657. The van der Waals surface area contributed by atoms with Gasteiger partial charge < -0.3 is 20.5 Å². The van der Waals surface area contributed by atoms with E-state index in [0.29, 0.717) is 23.8 Å². The van der Waals surface area contributed by atoms with E-state index in [-0.39, 0.29) is 12.0 Å². The van der Waals surface area contributed by atoms with E-state index < -0.39 is 0 Å². The zero-order chi connectivity index (χ0) is 14.8. The number of hydrogen-bond acceptors (Lipinski definition) is 5. The molecule has 0 radical (unpaired) electrons. The molecule has 1 aromatic carbocycles. The van der Waals surface area contributed by atoms with Crippen LogP contribution in [-0.2, 0) is 9.47 Å². The SMILES string of the molecule is COC(=O)c1ccc(N)c(NC2COCCC2C2CC2)c1. The summed E-state index contributed by atoms with van der Waals surface area (Å²) in [5.74, 6) is 1.10. The lowest BCUT2D eigenvalue weighted by atomic mass is 9.90. The van der Waals surface area contributed by atoms with Gasteiger partial charge in [0.2, 0.25) is 0 Å². The molecule has 21 heavy (non-hydrogen) atoms. The molecule has 114 valence electrons. The number of esters is 1. The first-order valence-electron chi connectivity index (χ1n) is 7.51. The largest absolute Gasteiger partial charge is 0.465 e. The number of nitrogens with two attached hydrogens (primary N) is 1. The number of ether oxygens (including phenoxy) is 2. The van der Waals surface area contributed by atoms with Crippen LogP contribution in [0.25, 0.3) is 0 Å². The number of nitrogens with one attached hydrogen (secondary N) is 1. The van der Waals surface area contributed by atoms with E-state index in [1.807, 2.05) is 0 Å². The van der Waals surface area contributed by atoms with Crippen LogP contribution in [0.4, 0.5) is 11.4 Å². The van der Waals surface area contributed by atoms with Gasteiger partial charge in [-0.1, -0.05) is 0 Å². The minimum atomic E-state index is -0.350. The summed E-state index contributed by atoms with van der Waals surface area (Å²) in [5, 5.41) is 3.48. The first-order valence-corrected chi connectivity index (χ1v) is 7.51. The van der Waals surface area contributed by atoms with Crippen molar-refractivity contribution >= 4 is 17.3 Å². The fraction of sp³-hybridized carbons (Fsp3) is 0.562. The zero-order valence-electron chi connectivity index (χ0n) is 12.3. The second kappa shape index (κ2) is 5.93. The van der Waals surface area contributed by atoms with Crippen LogP contribution in [0.5, 0.6) is 0 Å². The highest BCUT2D eigenvalue weighted by atomic mass is 16.5. The molecule has 5 heteroatoms. The van der Waals surface area contributed by atoms with Crippen LogP contribution in [-0.4, -0.2) is 32.3 Å². The van der Waals surface area contributed by atoms with Crippen LogP contribution in [0.15, 0.2) is 18.2 Å². The molecule has 1 heterocycles. The smallest absolute Gasteiger partial charge is 0.337 e. The van der Waals surface area contributed by atoms with Crippen molar-refractivity contribution in [3.05, 3.63) is 23.8 Å². The molecule has 1 aliphatic carbocycles. The number of nitrogen functional groups attached to an aromatic ring is 1. The Morgan fingerprint density at radius 2 is 2.19 bits per heavy atom. The average Bonchev–Trinajstić information content (AvgIpc) is 3.34. The third-order valence-electron chi connectivity index (χ3n) is 4.45. The topological polar surface area (TPSA) is 73.6 Å². The van der Waals surface area contributed by atoms with Crippen LogP contribution in [0, 0.1) is 11.8 Å². The zero-order valence-corrected chi connectivity index (χ0v) is 12.3. The van der Waals surface area contributed by atoms with Gasteiger partial charge in [0.15, 0.2) is 0 Å². The maximum atomic E-state index is 11.6. The van der Waals surface area contributed by atoms with Gasteiger partial charge >= 0.3 is 5.97 Å². The summed E-state index contributed by atoms with van der Waals surface area (Å²) in [7, 11) is 1.38. The van der Waals surface area contributed by atoms with Gasteiger partial charge in [-0.05, 0) is 49.3 Å². The van der Waals surface area contributed by atoms with Crippen molar-refractivity contribution in [2.75, 3.05) is 31.4 Å². The molecule has 3 N–H and O–H groups in total. The van der Waals surface area contributed by atoms with Crippen LogP contribution in [0.3, 0.4) is 0 Å². The summed E-state index contributed by atoms with van der Waals surface area (Å²) in [5.41, 5.74) is 7.97. The summed E-state index contributed by atoms with van der Waals surface area (Å²) in [4.78, 5) is 11.6. The highest BCUT2D eigenvalue weighted by Crippen LogP contribution is 2.42. The summed E-state index contributed by atoms with van der Waals surface area (Å²) < 4.78 is 10.4. The monoisotopic (exact) mass is 290 g/mol. The van der Waals surface area contributed by atoms with E-state index in [9.17, 15) is 4.79 Å². The number of carbonyl (C=O) groups excluding carboxylic acids is 1. The molecule has 5 nitrogen and oxygen atoms in total. The molecule has 0 amide bonds. The Morgan fingerprint density at radius 3 is 2.90 bits per heavy atom. The van der Waals surface area contributed by atoms with Crippen LogP contribution >= 0.6 is 0 Å². The number of benzene rings is 1. The molecule has 1 aromatic rings. The van der Waals surface area contributed by atoms with Crippen LogP contribution in [0.1, 0.15) is 29.6 Å². The van der Waals surface area contributed by atoms with Gasteiger partial charge in [0.25, 0.3) is 0 Å². The van der Waals surface area contributed by atoms with Gasteiger partial charge in [-0.15, -0.1) is 0 Å². The number of hydrogen-bond donors (Lipinski definition) is 2. The van der Waals surface area contributed by atoms with E-state index in [2.05, 4.69) is 5.32 Å². The number of anilines is 2. The number of methoxy groups -OCH3 is 1. The molecule has 3 rings (SSSR count). The summed E-state index contributed by atoms with van der Waals surface area (Å²) in [6.07, 6.45) is 3.74. The van der Waals surface area contributed by atoms with Gasteiger partial charge in [-0.3, -0.25) is 0 Å². The fourth-order valence-electron chi connectivity index (χ4n) is 3.12. The Hall–Kier alpha value is -1.75. The Bertz CT molecular complexity index is 528. The Balaban J connectivity index is 1.77. The van der Waals surface area contributed by atoms with Crippen LogP contribution < -0.4 is 11.1 Å². The van der Waals surface area contributed by atoms with Crippen molar-refractivity contribution in [1.29, 1.82) is 0 Å². The lowest BCUT2D eigenvalue weighted by Crippen LogP contribution is -2.39. The molecule has 0 spiro atoms. The third-order valence-corrected chi connectivity index (χ3v) is 4.45. The summed E-state index contributed by atoms with van der Waals surface area (Å²) in [6.45, 7) is 1.54. The summed E-state index contributed by atoms with van der Waals surface area (Å²) in [6, 6.07) is 5.45. The fourth-order valence-corrected chi connectivity index (χ4v) is 3.12. The van der Waals surface area contributed by atoms with E-state index >= 15 is 0 Å². The van der Waals surface area contributed by atoms with E-state index in [0.717, 1.165) is 24.6 Å². The van der Waals surface area contributed by atoms with Gasteiger partial charge in [0.05, 0.1) is 36.7 Å². The predicted octanol–water partition coefficient (Wildman–Crippen LogP) is 2.28. The molecule has 1 saturated heterocycles. The van der Waals surface area contributed by atoms with Crippen molar-refractivity contribution in [1.82, 2.24) is 0 Å². The van der Waals surface area contributed by atoms with Crippen molar-refractivity contribution in [2.24, 2.45) is 11.8 Å². The van der Waals surface area contributed by atoms with Crippen molar-refractivity contribution in [3.8, 4) is 0 Å². The minimum absolute atomic E-state index is 0.265. The Labute approximate surface area is 124 Å². The molecular formula is C16H22N2O3. The first-order chi connectivity index (χ1) is 10.2. The number of rotatable bonds is 4.